The molecule has 3 rings (SSSR count). The van der Waals surface area contributed by atoms with Gasteiger partial charge in [0.05, 0.1) is 10.5 Å². The van der Waals surface area contributed by atoms with Crippen molar-refractivity contribution in [3.8, 4) is 0 Å². The maximum atomic E-state index is 12.7. The van der Waals surface area contributed by atoms with E-state index in [1.807, 2.05) is 0 Å². The topological polar surface area (TPSA) is 91.7 Å². The first-order valence-electron chi connectivity index (χ1n) is 8.62. The van der Waals surface area contributed by atoms with Crippen molar-refractivity contribution in [2.45, 2.75) is 28.5 Å². The molecule has 1 aromatic carbocycles. The Morgan fingerprint density at radius 2 is 2.10 bits per heavy atom. The van der Waals surface area contributed by atoms with Gasteiger partial charge in [-0.25, -0.2) is 4.98 Å². The predicted octanol–water partition coefficient (Wildman–Crippen LogP) is 3.46. The van der Waals surface area contributed by atoms with E-state index >= 15 is 0 Å². The molecule has 2 heterocycles. The van der Waals surface area contributed by atoms with Crippen molar-refractivity contribution in [2.75, 3.05) is 18.9 Å². The van der Waals surface area contributed by atoms with Gasteiger partial charge in [0.25, 0.3) is 21.7 Å². The average Bonchev–Trinajstić information content (AvgIpc) is 3.06. The lowest BCUT2D eigenvalue weighted by atomic mass is 10.2. The molecule has 2 aromatic rings. The molecule has 0 saturated carbocycles. The highest BCUT2D eigenvalue weighted by Crippen LogP contribution is 2.27. The van der Waals surface area contributed by atoms with Gasteiger partial charge >= 0.3 is 0 Å². The van der Waals surface area contributed by atoms with Crippen LogP contribution in [-0.4, -0.2) is 49.4 Å². The summed E-state index contributed by atoms with van der Waals surface area (Å²) < 4.78 is 54.4. The molecule has 0 bridgehead atoms. The number of likely N-dealkylation sites (tertiary alicyclic amines) is 1. The van der Waals surface area contributed by atoms with Crippen LogP contribution in [0.3, 0.4) is 0 Å². The Morgan fingerprint density at radius 3 is 2.79 bits per heavy atom. The minimum atomic E-state index is -3.94. The Labute approximate surface area is 171 Å². The number of rotatable bonds is 6. The van der Waals surface area contributed by atoms with Gasteiger partial charge in [-0.15, -0.1) is 4.40 Å². The minimum Gasteiger partial charge on any atom is -0.362 e. The van der Waals surface area contributed by atoms with Crippen LogP contribution >= 0.6 is 11.8 Å². The van der Waals surface area contributed by atoms with Gasteiger partial charge in [0.1, 0.15) is 10.9 Å². The van der Waals surface area contributed by atoms with Gasteiger partial charge in [0.15, 0.2) is 0 Å². The van der Waals surface area contributed by atoms with Gasteiger partial charge in [0.2, 0.25) is 0 Å². The van der Waals surface area contributed by atoms with Crippen LogP contribution in [0.25, 0.3) is 0 Å². The predicted molar refractivity (Wildman–Crippen MR) is 107 cm³/mol. The van der Waals surface area contributed by atoms with Crippen molar-refractivity contribution in [1.29, 1.82) is 0 Å². The van der Waals surface area contributed by atoms with Crippen molar-refractivity contribution < 1.29 is 22.0 Å². The summed E-state index contributed by atoms with van der Waals surface area (Å²) >= 11 is 0.166. The Balaban J connectivity index is 1.83. The summed E-state index contributed by atoms with van der Waals surface area (Å²) in [6.07, 6.45) is 2.73. The molecule has 7 nitrogen and oxygen atoms in total. The van der Waals surface area contributed by atoms with Crippen LogP contribution in [0.1, 0.15) is 23.2 Å². The number of halogens is 2. The quantitative estimate of drug-likeness (QED) is 0.692. The zero-order chi connectivity index (χ0) is 21.0. The van der Waals surface area contributed by atoms with Crippen LogP contribution in [-0.2, 0) is 10.0 Å². The van der Waals surface area contributed by atoms with Crippen LogP contribution < -0.4 is 5.32 Å². The average molecular weight is 440 g/mol. The normalized spacial score (nSPS) is 15.9. The summed E-state index contributed by atoms with van der Waals surface area (Å²) in [5.41, 5.74) is 0.173. The van der Waals surface area contributed by atoms with Crippen LogP contribution in [0.15, 0.2) is 56.9 Å². The van der Waals surface area contributed by atoms with E-state index in [0.717, 1.165) is 13.0 Å². The molecule has 1 saturated heterocycles. The highest BCUT2D eigenvalue weighted by atomic mass is 32.2. The summed E-state index contributed by atoms with van der Waals surface area (Å²) in [6, 6.07) is 8.46. The molecule has 1 amide bonds. The third-order valence-electron chi connectivity index (χ3n) is 4.17. The summed E-state index contributed by atoms with van der Waals surface area (Å²) in [5, 5.41) is 2.41. The number of pyridine rings is 1. The summed E-state index contributed by atoms with van der Waals surface area (Å²) in [4.78, 5) is 18.0. The second kappa shape index (κ2) is 8.87. The molecule has 0 aliphatic carbocycles. The van der Waals surface area contributed by atoms with E-state index < -0.39 is 21.7 Å². The standard InChI is InChI=1S/C18H18F2N4O3S2/c1-24-10-4-8-15(24)23-29(26,27)13-6-2-5-12(11-13)22-16(25)14-7-3-9-21-17(14)28-18(19)20/h2-3,5-7,9,11,18H,4,8,10H2,1H3,(H,22,25)/b23-15+. The van der Waals surface area contributed by atoms with E-state index in [9.17, 15) is 22.0 Å². The zero-order valence-electron chi connectivity index (χ0n) is 15.4. The molecule has 1 aromatic heterocycles. The molecule has 1 aliphatic heterocycles. The fourth-order valence-electron chi connectivity index (χ4n) is 2.78. The molecule has 154 valence electrons. The maximum Gasteiger partial charge on any atom is 0.290 e. The number of hydrogen-bond donors (Lipinski definition) is 1. The maximum absolute atomic E-state index is 12.7. The number of hydrogen-bond acceptors (Lipinski definition) is 5. The van der Waals surface area contributed by atoms with Crippen LogP contribution in [0.2, 0.25) is 0 Å². The summed E-state index contributed by atoms with van der Waals surface area (Å²) in [5.74, 6) is -2.90. The van der Waals surface area contributed by atoms with Crippen molar-refractivity contribution in [3.05, 3.63) is 48.2 Å². The Hall–Kier alpha value is -2.53. The molecule has 0 spiro atoms. The number of carbonyl (C=O) groups is 1. The first-order chi connectivity index (χ1) is 13.8. The molecule has 0 unspecified atom stereocenters. The number of anilines is 1. The van der Waals surface area contributed by atoms with Gasteiger partial charge < -0.3 is 10.2 Å². The number of amides is 1. The van der Waals surface area contributed by atoms with E-state index in [1.165, 1.54) is 42.6 Å². The lowest BCUT2D eigenvalue weighted by molar-refractivity contribution is 0.102. The second-order valence-electron chi connectivity index (χ2n) is 6.22. The summed E-state index contributed by atoms with van der Waals surface area (Å²) in [7, 11) is -2.17. The lowest BCUT2D eigenvalue weighted by Crippen LogP contribution is -2.20. The lowest BCUT2D eigenvalue weighted by Gasteiger charge is -2.12. The fourth-order valence-corrected chi connectivity index (χ4v) is 4.49. The molecular formula is C18H18F2N4O3S2. The fraction of sp³-hybridized carbons (Fsp3) is 0.278. The first kappa shape index (κ1) is 21.2. The van der Waals surface area contributed by atoms with E-state index in [-0.39, 0.29) is 32.9 Å². The number of benzene rings is 1. The molecule has 11 heteroatoms. The number of sulfonamides is 1. The monoisotopic (exact) mass is 440 g/mol. The third kappa shape index (κ3) is 5.30. The SMILES string of the molecule is CN1CCC/C1=N\S(=O)(=O)c1cccc(NC(=O)c2cccnc2SC(F)F)c1. The van der Waals surface area contributed by atoms with Crippen LogP contribution in [0.4, 0.5) is 14.5 Å². The third-order valence-corrected chi connectivity index (χ3v) is 6.19. The van der Waals surface area contributed by atoms with Crippen molar-refractivity contribution in [2.24, 2.45) is 4.40 Å². The van der Waals surface area contributed by atoms with Gasteiger partial charge in [-0.2, -0.15) is 17.2 Å². The Kier molecular flexibility index (Phi) is 6.48. The number of thioether (sulfide) groups is 1. The number of alkyl halides is 2. The van der Waals surface area contributed by atoms with Crippen molar-refractivity contribution >= 4 is 39.2 Å². The van der Waals surface area contributed by atoms with E-state index in [4.69, 9.17) is 0 Å². The highest BCUT2D eigenvalue weighted by molar-refractivity contribution is 7.99. The highest BCUT2D eigenvalue weighted by Gasteiger charge is 2.21. The van der Waals surface area contributed by atoms with E-state index in [1.54, 1.807) is 11.9 Å². The molecule has 0 atom stereocenters. The number of nitrogens with one attached hydrogen (secondary N) is 1. The molecule has 1 N–H and O–H groups in total. The molecular weight excluding hydrogens is 422 g/mol. The van der Waals surface area contributed by atoms with Gasteiger partial charge in [-0.05, 0) is 48.5 Å². The zero-order valence-corrected chi connectivity index (χ0v) is 17.0. The minimum absolute atomic E-state index is 0.0288. The number of carbonyl (C=O) groups excluding carboxylic acids is 1. The van der Waals surface area contributed by atoms with E-state index in [2.05, 4.69) is 14.7 Å². The number of amidine groups is 1. The smallest absolute Gasteiger partial charge is 0.290 e. The van der Waals surface area contributed by atoms with Crippen molar-refractivity contribution in [1.82, 2.24) is 9.88 Å². The first-order valence-corrected chi connectivity index (χ1v) is 10.9. The summed E-state index contributed by atoms with van der Waals surface area (Å²) in [6.45, 7) is 0.745. The number of aromatic nitrogens is 1. The van der Waals surface area contributed by atoms with E-state index in [0.29, 0.717) is 12.3 Å². The van der Waals surface area contributed by atoms with Crippen LogP contribution in [0, 0.1) is 0 Å². The van der Waals surface area contributed by atoms with Crippen molar-refractivity contribution in [3.63, 3.8) is 0 Å². The molecule has 0 radical (unpaired) electrons. The largest absolute Gasteiger partial charge is 0.362 e. The Morgan fingerprint density at radius 1 is 1.31 bits per heavy atom. The Bertz CT molecular complexity index is 1040. The number of nitrogens with zero attached hydrogens (tertiary/aromatic N) is 3. The molecule has 1 aliphatic rings. The molecule has 1 fully saturated rings. The molecule has 29 heavy (non-hydrogen) atoms. The van der Waals surface area contributed by atoms with Gasteiger partial charge in [-0.3, -0.25) is 4.79 Å². The van der Waals surface area contributed by atoms with Gasteiger partial charge in [0, 0.05) is 31.9 Å². The second-order valence-corrected chi connectivity index (χ2v) is 8.81. The van der Waals surface area contributed by atoms with Gasteiger partial charge in [-0.1, -0.05) is 6.07 Å². The van der Waals surface area contributed by atoms with Crippen LogP contribution in [0.5, 0.6) is 0 Å².